The topological polar surface area (TPSA) is 107 Å². The molecule has 2 N–H and O–H groups in total. The molecule has 8 heteroatoms. The van der Waals surface area contributed by atoms with E-state index in [0.29, 0.717) is 31.6 Å². The molecule has 2 saturated heterocycles. The van der Waals surface area contributed by atoms with Crippen molar-refractivity contribution in [3.8, 4) is 0 Å². The zero-order valence-electron chi connectivity index (χ0n) is 14.8. The second kappa shape index (κ2) is 6.68. The second-order valence-electron chi connectivity index (χ2n) is 7.32. The quantitative estimate of drug-likeness (QED) is 0.762. The maximum Gasteiger partial charge on any atom is 0.407 e. The van der Waals surface area contributed by atoms with Crippen LogP contribution in [0.3, 0.4) is 0 Å². The molecule has 3 aliphatic heterocycles. The lowest BCUT2D eigenvalue weighted by atomic mass is 9.85. The summed E-state index contributed by atoms with van der Waals surface area (Å²) in [6, 6.07) is 5.01. The smallest absolute Gasteiger partial charge is 0.407 e. The molecular weight excluding hydrogens is 350 g/mol. The molecule has 4 amide bonds. The van der Waals surface area contributed by atoms with Crippen LogP contribution in [0.4, 0.5) is 4.79 Å². The predicted octanol–water partition coefficient (Wildman–Crippen LogP) is 1.31. The van der Waals surface area contributed by atoms with Crippen LogP contribution in [0.15, 0.2) is 18.2 Å². The van der Waals surface area contributed by atoms with E-state index in [2.05, 4.69) is 5.32 Å². The summed E-state index contributed by atoms with van der Waals surface area (Å²) in [6.07, 6.45) is 1.12. The van der Waals surface area contributed by atoms with Crippen LogP contribution < -0.4 is 5.32 Å². The maximum absolute atomic E-state index is 12.9. The van der Waals surface area contributed by atoms with Crippen LogP contribution in [-0.2, 0) is 16.1 Å². The number of carboxylic acid groups (broad SMARTS) is 1. The number of rotatable bonds is 2. The maximum atomic E-state index is 12.9. The van der Waals surface area contributed by atoms with Crippen molar-refractivity contribution in [1.82, 2.24) is 15.1 Å². The number of hydrogen-bond acceptors (Lipinski definition) is 4. The number of piperidine rings is 2. The zero-order valence-corrected chi connectivity index (χ0v) is 14.8. The van der Waals surface area contributed by atoms with Gasteiger partial charge < -0.3 is 14.9 Å². The number of hydrogen-bond donors (Lipinski definition) is 2. The summed E-state index contributed by atoms with van der Waals surface area (Å²) >= 11 is 0. The van der Waals surface area contributed by atoms with Gasteiger partial charge in [0.05, 0.1) is 0 Å². The number of carbonyl (C=O) groups excluding carboxylic acids is 3. The van der Waals surface area contributed by atoms with E-state index >= 15 is 0 Å². The first-order valence-electron chi connectivity index (χ1n) is 9.20. The Hall–Kier alpha value is -2.90. The van der Waals surface area contributed by atoms with Gasteiger partial charge in [-0.15, -0.1) is 0 Å². The summed E-state index contributed by atoms with van der Waals surface area (Å²) in [5.74, 6) is -0.690. The fourth-order valence-electron chi connectivity index (χ4n) is 4.37. The van der Waals surface area contributed by atoms with Gasteiger partial charge >= 0.3 is 6.09 Å². The molecule has 0 aliphatic carbocycles. The number of nitrogens with one attached hydrogen (secondary N) is 1. The van der Waals surface area contributed by atoms with Gasteiger partial charge in [-0.25, -0.2) is 4.79 Å². The number of benzene rings is 1. The Morgan fingerprint density at radius 2 is 1.85 bits per heavy atom. The number of fused-ring (bicyclic) bond motifs is 1. The van der Waals surface area contributed by atoms with E-state index in [1.54, 1.807) is 11.0 Å². The highest BCUT2D eigenvalue weighted by atomic mass is 16.4. The van der Waals surface area contributed by atoms with Crippen LogP contribution in [0, 0.1) is 0 Å². The van der Waals surface area contributed by atoms with Gasteiger partial charge in [0.25, 0.3) is 5.91 Å². The minimum absolute atomic E-state index is 0.177. The monoisotopic (exact) mass is 371 g/mol. The summed E-state index contributed by atoms with van der Waals surface area (Å²) in [5.41, 5.74) is 2.61. The molecule has 1 unspecified atom stereocenters. The number of imide groups is 1. The van der Waals surface area contributed by atoms with Crippen molar-refractivity contribution < 1.29 is 24.3 Å². The molecule has 1 atom stereocenters. The number of nitrogens with zero attached hydrogens (tertiary/aromatic N) is 2. The van der Waals surface area contributed by atoms with Crippen LogP contribution in [-0.4, -0.2) is 57.9 Å². The van der Waals surface area contributed by atoms with Crippen LogP contribution in [0.2, 0.25) is 0 Å². The lowest BCUT2D eigenvalue weighted by Gasteiger charge is -2.31. The zero-order chi connectivity index (χ0) is 19.1. The minimum Gasteiger partial charge on any atom is -0.465 e. The van der Waals surface area contributed by atoms with Gasteiger partial charge in [0.15, 0.2) is 0 Å². The molecule has 0 saturated carbocycles. The van der Waals surface area contributed by atoms with E-state index in [9.17, 15) is 19.2 Å². The summed E-state index contributed by atoms with van der Waals surface area (Å²) in [7, 11) is 0. The summed E-state index contributed by atoms with van der Waals surface area (Å²) in [4.78, 5) is 50.5. The molecule has 1 aromatic rings. The van der Waals surface area contributed by atoms with Crippen LogP contribution in [0.25, 0.3) is 0 Å². The molecular formula is C19H21N3O5. The molecule has 142 valence electrons. The van der Waals surface area contributed by atoms with Gasteiger partial charge in [0, 0.05) is 31.6 Å². The SMILES string of the molecule is O=C1CCC(N2Cc3c(cccc3C3CCN(C(=O)O)CC3)C2=O)C(=O)N1. The van der Waals surface area contributed by atoms with Crippen molar-refractivity contribution in [1.29, 1.82) is 0 Å². The Balaban J connectivity index is 1.56. The van der Waals surface area contributed by atoms with E-state index in [4.69, 9.17) is 5.11 Å². The highest BCUT2D eigenvalue weighted by molar-refractivity contribution is 6.05. The fourth-order valence-corrected chi connectivity index (χ4v) is 4.37. The Labute approximate surface area is 156 Å². The first-order chi connectivity index (χ1) is 13.0. The molecule has 3 heterocycles. The molecule has 4 rings (SSSR count). The van der Waals surface area contributed by atoms with Gasteiger partial charge in [0.1, 0.15) is 6.04 Å². The first-order valence-corrected chi connectivity index (χ1v) is 9.20. The summed E-state index contributed by atoms with van der Waals surface area (Å²) in [5, 5.41) is 11.4. The second-order valence-corrected chi connectivity index (χ2v) is 7.32. The molecule has 2 fully saturated rings. The molecule has 0 spiro atoms. The van der Waals surface area contributed by atoms with Crippen LogP contribution >= 0.6 is 0 Å². The molecule has 1 aromatic carbocycles. The molecule has 0 bridgehead atoms. The van der Waals surface area contributed by atoms with Crippen molar-refractivity contribution >= 4 is 23.8 Å². The van der Waals surface area contributed by atoms with Crippen molar-refractivity contribution in [2.45, 2.75) is 44.2 Å². The molecule has 3 aliphatic rings. The Bertz CT molecular complexity index is 829. The normalized spacial score (nSPS) is 23.4. The Morgan fingerprint density at radius 1 is 1.11 bits per heavy atom. The number of likely N-dealkylation sites (tertiary alicyclic amines) is 1. The molecule has 0 radical (unpaired) electrons. The average Bonchev–Trinajstić information content (AvgIpc) is 2.98. The largest absolute Gasteiger partial charge is 0.465 e. The highest BCUT2D eigenvalue weighted by Crippen LogP contribution is 2.36. The Morgan fingerprint density at radius 3 is 2.52 bits per heavy atom. The predicted molar refractivity (Wildman–Crippen MR) is 94.1 cm³/mol. The van der Waals surface area contributed by atoms with Crippen LogP contribution in [0.1, 0.15) is 53.1 Å². The third-order valence-corrected chi connectivity index (χ3v) is 5.82. The van der Waals surface area contributed by atoms with E-state index in [1.807, 2.05) is 12.1 Å². The van der Waals surface area contributed by atoms with Gasteiger partial charge in [0.2, 0.25) is 11.8 Å². The third-order valence-electron chi connectivity index (χ3n) is 5.82. The number of carbonyl (C=O) groups is 4. The molecule has 8 nitrogen and oxygen atoms in total. The van der Waals surface area contributed by atoms with E-state index in [0.717, 1.165) is 24.0 Å². The van der Waals surface area contributed by atoms with E-state index in [-0.39, 0.29) is 24.2 Å². The number of amides is 4. The van der Waals surface area contributed by atoms with Crippen molar-refractivity contribution in [2.24, 2.45) is 0 Å². The van der Waals surface area contributed by atoms with Crippen molar-refractivity contribution in [3.63, 3.8) is 0 Å². The Kier molecular flexibility index (Phi) is 4.33. The third kappa shape index (κ3) is 3.05. The van der Waals surface area contributed by atoms with Gasteiger partial charge in [-0.05, 0) is 42.4 Å². The lowest BCUT2D eigenvalue weighted by molar-refractivity contribution is -0.136. The van der Waals surface area contributed by atoms with Gasteiger partial charge in [-0.1, -0.05) is 12.1 Å². The first kappa shape index (κ1) is 17.5. The summed E-state index contributed by atoms with van der Waals surface area (Å²) in [6.45, 7) is 1.32. The van der Waals surface area contributed by atoms with Gasteiger partial charge in [-0.3, -0.25) is 19.7 Å². The van der Waals surface area contributed by atoms with E-state index in [1.165, 1.54) is 4.90 Å². The average molecular weight is 371 g/mol. The van der Waals surface area contributed by atoms with E-state index < -0.39 is 18.0 Å². The van der Waals surface area contributed by atoms with Crippen LogP contribution in [0.5, 0.6) is 0 Å². The molecule has 0 aromatic heterocycles. The minimum atomic E-state index is -0.897. The standard InChI is InChI=1S/C19H21N3O5/c23-16-5-4-15(17(24)20-16)22-10-14-12(2-1-3-13(14)18(22)25)11-6-8-21(9-7-11)19(26)27/h1-3,11,15H,4-10H2,(H,26,27)(H,20,23,24). The fraction of sp³-hybridized carbons (Fsp3) is 0.474. The molecule has 27 heavy (non-hydrogen) atoms. The highest BCUT2D eigenvalue weighted by Gasteiger charge is 2.40. The lowest BCUT2D eigenvalue weighted by Crippen LogP contribution is -2.52. The van der Waals surface area contributed by atoms with Gasteiger partial charge in [-0.2, -0.15) is 0 Å². The summed E-state index contributed by atoms with van der Waals surface area (Å²) < 4.78 is 0. The van der Waals surface area contributed by atoms with Crippen molar-refractivity contribution in [3.05, 3.63) is 34.9 Å². The van der Waals surface area contributed by atoms with Crippen molar-refractivity contribution in [2.75, 3.05) is 13.1 Å².